The van der Waals surface area contributed by atoms with Crippen LogP contribution in [0.3, 0.4) is 0 Å². The number of carbonyl (C=O) groups excluding carboxylic acids is 1. The SMILES string of the molecule is CCN(C)C(=O)Cn1c(N)nc2ccc(C)nc21. The van der Waals surface area contributed by atoms with E-state index in [0.717, 1.165) is 5.69 Å². The lowest BCUT2D eigenvalue weighted by Gasteiger charge is -2.15. The highest BCUT2D eigenvalue weighted by molar-refractivity contribution is 5.80. The fraction of sp³-hybridized carbons (Fsp3) is 0.417. The van der Waals surface area contributed by atoms with Crippen molar-refractivity contribution in [2.45, 2.75) is 20.4 Å². The summed E-state index contributed by atoms with van der Waals surface area (Å²) in [6, 6.07) is 3.73. The lowest BCUT2D eigenvalue weighted by atomic mass is 10.3. The highest BCUT2D eigenvalue weighted by Gasteiger charge is 2.14. The molecular weight excluding hydrogens is 230 g/mol. The number of nitrogen functional groups attached to an aromatic ring is 1. The molecule has 18 heavy (non-hydrogen) atoms. The third kappa shape index (κ3) is 2.13. The maximum atomic E-state index is 11.9. The fourth-order valence-electron chi connectivity index (χ4n) is 1.70. The minimum absolute atomic E-state index is 0.00759. The molecule has 6 nitrogen and oxygen atoms in total. The Hall–Kier alpha value is -2.11. The Labute approximate surface area is 105 Å². The van der Waals surface area contributed by atoms with E-state index < -0.39 is 0 Å². The molecule has 2 N–H and O–H groups in total. The van der Waals surface area contributed by atoms with Crippen LogP contribution in [0.4, 0.5) is 5.95 Å². The number of fused-ring (bicyclic) bond motifs is 1. The van der Waals surface area contributed by atoms with Crippen LogP contribution in [0.1, 0.15) is 12.6 Å². The van der Waals surface area contributed by atoms with Gasteiger partial charge in [0.2, 0.25) is 11.9 Å². The Morgan fingerprint density at radius 1 is 1.44 bits per heavy atom. The zero-order chi connectivity index (χ0) is 13.3. The van der Waals surface area contributed by atoms with Gasteiger partial charge in [0.05, 0.1) is 0 Å². The number of nitrogens with zero attached hydrogens (tertiary/aromatic N) is 4. The molecule has 0 aromatic carbocycles. The summed E-state index contributed by atoms with van der Waals surface area (Å²) in [4.78, 5) is 22.1. The van der Waals surface area contributed by atoms with Gasteiger partial charge in [-0.3, -0.25) is 9.36 Å². The van der Waals surface area contributed by atoms with Crippen molar-refractivity contribution in [2.24, 2.45) is 0 Å². The van der Waals surface area contributed by atoms with Gasteiger partial charge >= 0.3 is 0 Å². The molecule has 1 amide bonds. The lowest BCUT2D eigenvalue weighted by molar-refractivity contribution is -0.130. The Morgan fingerprint density at radius 2 is 2.17 bits per heavy atom. The van der Waals surface area contributed by atoms with Crippen LogP contribution < -0.4 is 5.73 Å². The van der Waals surface area contributed by atoms with Crippen molar-refractivity contribution in [2.75, 3.05) is 19.3 Å². The van der Waals surface area contributed by atoms with Gasteiger partial charge in [-0.2, -0.15) is 0 Å². The van der Waals surface area contributed by atoms with Crippen LogP contribution in [0.2, 0.25) is 0 Å². The number of anilines is 1. The van der Waals surface area contributed by atoms with Gasteiger partial charge in [0.1, 0.15) is 12.1 Å². The molecule has 2 heterocycles. The van der Waals surface area contributed by atoms with E-state index in [9.17, 15) is 4.79 Å². The van der Waals surface area contributed by atoms with E-state index in [1.54, 1.807) is 16.5 Å². The first-order chi connectivity index (χ1) is 8.52. The van der Waals surface area contributed by atoms with Crippen molar-refractivity contribution in [1.82, 2.24) is 19.4 Å². The van der Waals surface area contributed by atoms with Gasteiger partial charge in [-0.1, -0.05) is 0 Å². The maximum Gasteiger partial charge on any atom is 0.242 e. The Balaban J connectivity index is 2.41. The van der Waals surface area contributed by atoms with Crippen molar-refractivity contribution in [3.63, 3.8) is 0 Å². The first-order valence-electron chi connectivity index (χ1n) is 5.86. The zero-order valence-electron chi connectivity index (χ0n) is 10.8. The molecule has 0 bridgehead atoms. The van der Waals surface area contributed by atoms with Crippen LogP contribution >= 0.6 is 0 Å². The molecule has 0 aliphatic rings. The topological polar surface area (TPSA) is 77.0 Å². The number of nitrogens with two attached hydrogens (primary N) is 1. The Bertz CT molecular complexity index is 589. The highest BCUT2D eigenvalue weighted by atomic mass is 16.2. The van der Waals surface area contributed by atoms with Crippen molar-refractivity contribution < 1.29 is 4.79 Å². The molecule has 0 saturated carbocycles. The number of likely N-dealkylation sites (N-methyl/N-ethyl adjacent to an activating group) is 1. The summed E-state index contributed by atoms with van der Waals surface area (Å²) in [5.41, 5.74) is 8.08. The summed E-state index contributed by atoms with van der Waals surface area (Å²) in [6.07, 6.45) is 0. The largest absolute Gasteiger partial charge is 0.369 e. The van der Waals surface area contributed by atoms with Gasteiger partial charge in [0, 0.05) is 19.3 Å². The second kappa shape index (κ2) is 4.64. The molecule has 0 atom stereocenters. The predicted octanol–water partition coefficient (Wildman–Crippen LogP) is 0.800. The van der Waals surface area contributed by atoms with Gasteiger partial charge in [0.25, 0.3) is 0 Å². The minimum atomic E-state index is -0.00759. The second-order valence-corrected chi connectivity index (χ2v) is 4.26. The molecule has 2 aromatic rings. The molecule has 0 aliphatic carbocycles. The molecule has 96 valence electrons. The summed E-state index contributed by atoms with van der Waals surface area (Å²) >= 11 is 0. The van der Waals surface area contributed by atoms with Crippen LogP contribution in [-0.2, 0) is 11.3 Å². The molecule has 0 saturated heterocycles. The average Bonchev–Trinajstić information content (AvgIpc) is 2.65. The predicted molar refractivity (Wildman–Crippen MR) is 70.0 cm³/mol. The van der Waals surface area contributed by atoms with Crippen LogP contribution in [0.15, 0.2) is 12.1 Å². The van der Waals surface area contributed by atoms with Gasteiger partial charge in [-0.15, -0.1) is 0 Å². The van der Waals surface area contributed by atoms with Crippen LogP contribution in [0, 0.1) is 6.92 Å². The Morgan fingerprint density at radius 3 is 2.83 bits per heavy atom. The van der Waals surface area contributed by atoms with Crippen LogP contribution in [0.5, 0.6) is 0 Å². The first kappa shape index (κ1) is 12.3. The quantitative estimate of drug-likeness (QED) is 0.870. The van der Waals surface area contributed by atoms with Crippen molar-refractivity contribution in [1.29, 1.82) is 0 Å². The number of imidazole rings is 1. The number of hydrogen-bond acceptors (Lipinski definition) is 4. The van der Waals surface area contributed by atoms with E-state index >= 15 is 0 Å². The zero-order valence-corrected chi connectivity index (χ0v) is 10.8. The second-order valence-electron chi connectivity index (χ2n) is 4.26. The summed E-state index contributed by atoms with van der Waals surface area (Å²) in [7, 11) is 1.76. The molecule has 6 heteroatoms. The normalized spacial score (nSPS) is 10.8. The highest BCUT2D eigenvalue weighted by Crippen LogP contribution is 2.16. The number of aryl methyl sites for hydroxylation is 1. The molecular formula is C12H17N5O. The molecule has 0 aliphatic heterocycles. The minimum Gasteiger partial charge on any atom is -0.369 e. The van der Waals surface area contributed by atoms with Gasteiger partial charge in [-0.25, -0.2) is 9.97 Å². The average molecular weight is 247 g/mol. The molecule has 0 fully saturated rings. The number of carbonyl (C=O) groups is 1. The van der Waals surface area contributed by atoms with Gasteiger partial charge in [0.15, 0.2) is 5.65 Å². The van der Waals surface area contributed by atoms with Crippen LogP contribution in [-0.4, -0.2) is 38.9 Å². The first-order valence-corrected chi connectivity index (χ1v) is 5.86. The van der Waals surface area contributed by atoms with Crippen molar-refractivity contribution >= 4 is 23.0 Å². The summed E-state index contributed by atoms with van der Waals surface area (Å²) < 4.78 is 1.65. The van der Waals surface area contributed by atoms with E-state index in [1.807, 2.05) is 26.0 Å². The van der Waals surface area contributed by atoms with E-state index in [-0.39, 0.29) is 12.5 Å². The number of amides is 1. The summed E-state index contributed by atoms with van der Waals surface area (Å²) in [5, 5.41) is 0. The monoisotopic (exact) mass is 247 g/mol. The molecule has 0 unspecified atom stereocenters. The molecule has 2 aromatic heterocycles. The van der Waals surface area contributed by atoms with Crippen molar-refractivity contribution in [3.8, 4) is 0 Å². The molecule has 2 rings (SSSR count). The van der Waals surface area contributed by atoms with Gasteiger partial charge in [-0.05, 0) is 26.0 Å². The standard InChI is InChI=1S/C12H17N5O/c1-4-16(3)10(18)7-17-11-9(15-12(17)13)6-5-8(2)14-11/h5-6H,4,7H2,1-3H3,(H2,13,15). The summed E-state index contributed by atoms with van der Waals surface area (Å²) in [6.45, 7) is 4.66. The van der Waals surface area contributed by atoms with E-state index in [0.29, 0.717) is 23.7 Å². The Kier molecular flexibility index (Phi) is 3.18. The molecule has 0 spiro atoms. The lowest BCUT2D eigenvalue weighted by Crippen LogP contribution is -2.30. The fourth-order valence-corrected chi connectivity index (χ4v) is 1.70. The molecule has 0 radical (unpaired) electrons. The number of hydrogen-bond donors (Lipinski definition) is 1. The van der Waals surface area contributed by atoms with Crippen LogP contribution in [0.25, 0.3) is 11.2 Å². The summed E-state index contributed by atoms with van der Waals surface area (Å²) in [5.74, 6) is 0.313. The smallest absolute Gasteiger partial charge is 0.242 e. The van der Waals surface area contributed by atoms with E-state index in [2.05, 4.69) is 9.97 Å². The third-order valence-corrected chi connectivity index (χ3v) is 2.95. The van der Waals surface area contributed by atoms with Gasteiger partial charge < -0.3 is 10.6 Å². The third-order valence-electron chi connectivity index (χ3n) is 2.95. The maximum absolute atomic E-state index is 11.9. The van der Waals surface area contributed by atoms with Crippen molar-refractivity contribution in [3.05, 3.63) is 17.8 Å². The van der Waals surface area contributed by atoms with E-state index in [4.69, 9.17) is 5.73 Å². The number of pyridine rings is 1. The number of aromatic nitrogens is 3. The number of rotatable bonds is 3. The van der Waals surface area contributed by atoms with E-state index in [1.165, 1.54) is 0 Å².